The van der Waals surface area contributed by atoms with Crippen LogP contribution in [0.5, 0.6) is 0 Å². The first-order chi connectivity index (χ1) is 11.7. The minimum absolute atomic E-state index is 0.0907. The van der Waals surface area contributed by atoms with Gasteiger partial charge in [0.15, 0.2) is 0 Å². The number of amides is 2. The molecule has 0 radical (unpaired) electrons. The van der Waals surface area contributed by atoms with Gasteiger partial charge in [0.25, 0.3) is 5.91 Å². The maximum absolute atomic E-state index is 12.6. The molecule has 4 heteroatoms. The van der Waals surface area contributed by atoms with Crippen LogP contribution in [-0.2, 0) is 4.79 Å². The SMILES string of the molecule is C[C@@H](CNC(=O)c1ccccc1N1CCCC1=O)c1ccccc1. The lowest BCUT2D eigenvalue weighted by Crippen LogP contribution is -2.31. The summed E-state index contributed by atoms with van der Waals surface area (Å²) in [5.41, 5.74) is 2.47. The molecule has 1 heterocycles. The second-order valence-corrected chi connectivity index (χ2v) is 6.19. The molecule has 4 nitrogen and oxygen atoms in total. The Morgan fingerprint density at radius 1 is 1.12 bits per heavy atom. The summed E-state index contributed by atoms with van der Waals surface area (Å²) < 4.78 is 0. The third-order valence-electron chi connectivity index (χ3n) is 4.45. The average molecular weight is 322 g/mol. The smallest absolute Gasteiger partial charge is 0.253 e. The second-order valence-electron chi connectivity index (χ2n) is 6.19. The number of carbonyl (C=O) groups is 2. The number of para-hydroxylation sites is 1. The van der Waals surface area contributed by atoms with Crippen molar-refractivity contribution in [2.24, 2.45) is 0 Å². The van der Waals surface area contributed by atoms with Crippen LogP contribution in [0.2, 0.25) is 0 Å². The minimum Gasteiger partial charge on any atom is -0.351 e. The van der Waals surface area contributed by atoms with Crippen molar-refractivity contribution in [2.75, 3.05) is 18.0 Å². The molecule has 1 saturated heterocycles. The van der Waals surface area contributed by atoms with Crippen LogP contribution in [0.15, 0.2) is 54.6 Å². The summed E-state index contributed by atoms with van der Waals surface area (Å²) in [5, 5.41) is 3.00. The molecule has 1 N–H and O–H groups in total. The maximum atomic E-state index is 12.6. The lowest BCUT2D eigenvalue weighted by molar-refractivity contribution is -0.117. The zero-order valence-electron chi connectivity index (χ0n) is 13.9. The Labute approximate surface area is 142 Å². The third kappa shape index (κ3) is 3.48. The average Bonchev–Trinajstić information content (AvgIpc) is 3.06. The Bertz CT molecular complexity index is 727. The summed E-state index contributed by atoms with van der Waals surface area (Å²) >= 11 is 0. The molecule has 0 unspecified atom stereocenters. The van der Waals surface area contributed by atoms with Crippen molar-refractivity contribution in [3.05, 3.63) is 65.7 Å². The van der Waals surface area contributed by atoms with E-state index in [9.17, 15) is 9.59 Å². The van der Waals surface area contributed by atoms with Crippen molar-refractivity contribution in [3.8, 4) is 0 Å². The number of carbonyl (C=O) groups excluding carboxylic acids is 2. The van der Waals surface area contributed by atoms with E-state index in [0.29, 0.717) is 30.8 Å². The highest BCUT2D eigenvalue weighted by Crippen LogP contribution is 2.25. The number of nitrogens with one attached hydrogen (secondary N) is 1. The minimum atomic E-state index is -0.131. The molecule has 1 aliphatic rings. The van der Waals surface area contributed by atoms with Gasteiger partial charge >= 0.3 is 0 Å². The fraction of sp³-hybridized carbons (Fsp3) is 0.300. The van der Waals surface area contributed by atoms with E-state index in [1.807, 2.05) is 36.4 Å². The molecule has 2 amide bonds. The Balaban J connectivity index is 1.70. The van der Waals surface area contributed by atoms with Crippen LogP contribution in [0.1, 0.15) is 41.6 Å². The van der Waals surface area contributed by atoms with Gasteiger partial charge in [-0.05, 0) is 30.0 Å². The van der Waals surface area contributed by atoms with Gasteiger partial charge in [-0.2, -0.15) is 0 Å². The first-order valence-electron chi connectivity index (χ1n) is 8.39. The summed E-state index contributed by atoms with van der Waals surface area (Å²) in [7, 11) is 0. The third-order valence-corrected chi connectivity index (χ3v) is 4.45. The van der Waals surface area contributed by atoms with Crippen LogP contribution in [0.25, 0.3) is 0 Å². The van der Waals surface area contributed by atoms with Crippen LogP contribution >= 0.6 is 0 Å². The number of rotatable bonds is 5. The van der Waals surface area contributed by atoms with Crippen LogP contribution in [0.3, 0.4) is 0 Å². The number of hydrogen-bond donors (Lipinski definition) is 1. The lowest BCUT2D eigenvalue weighted by Gasteiger charge is -2.20. The molecule has 2 aromatic carbocycles. The van der Waals surface area contributed by atoms with Crippen LogP contribution in [0.4, 0.5) is 5.69 Å². The van der Waals surface area contributed by atoms with Crippen molar-refractivity contribution in [1.29, 1.82) is 0 Å². The molecular formula is C20H22N2O2. The predicted octanol–water partition coefficient (Wildman–Crippen LogP) is 3.35. The van der Waals surface area contributed by atoms with Crippen LogP contribution < -0.4 is 10.2 Å². The van der Waals surface area contributed by atoms with E-state index in [1.165, 1.54) is 5.56 Å². The van der Waals surface area contributed by atoms with E-state index in [2.05, 4.69) is 24.4 Å². The summed E-state index contributed by atoms with van der Waals surface area (Å²) in [4.78, 5) is 26.3. The number of benzene rings is 2. The van der Waals surface area contributed by atoms with Gasteiger partial charge in [-0.15, -0.1) is 0 Å². The van der Waals surface area contributed by atoms with E-state index in [0.717, 1.165) is 6.42 Å². The van der Waals surface area contributed by atoms with Gasteiger partial charge in [-0.1, -0.05) is 49.4 Å². The summed E-state index contributed by atoms with van der Waals surface area (Å²) in [6, 6.07) is 17.4. The van der Waals surface area contributed by atoms with Gasteiger partial charge in [0.05, 0.1) is 11.3 Å². The first kappa shape index (κ1) is 16.2. The molecule has 0 saturated carbocycles. The van der Waals surface area contributed by atoms with E-state index in [-0.39, 0.29) is 17.7 Å². The predicted molar refractivity (Wildman–Crippen MR) is 95.2 cm³/mol. The number of anilines is 1. The fourth-order valence-corrected chi connectivity index (χ4v) is 3.04. The summed E-state index contributed by atoms with van der Waals surface area (Å²) in [6.45, 7) is 3.33. The van der Waals surface area contributed by atoms with E-state index >= 15 is 0 Å². The largest absolute Gasteiger partial charge is 0.351 e. The van der Waals surface area contributed by atoms with Crippen molar-refractivity contribution in [2.45, 2.75) is 25.7 Å². The highest BCUT2D eigenvalue weighted by atomic mass is 16.2. The Hall–Kier alpha value is -2.62. The van der Waals surface area contributed by atoms with Gasteiger partial charge in [0.1, 0.15) is 0 Å². The quantitative estimate of drug-likeness (QED) is 0.918. The standard InChI is InChI=1S/C20H22N2O2/c1-15(16-8-3-2-4-9-16)14-21-20(24)17-10-5-6-11-18(17)22-13-7-12-19(22)23/h2-6,8-11,15H,7,12-14H2,1H3,(H,21,24)/t15-/m0/s1. The normalized spacial score (nSPS) is 15.4. The molecule has 2 aromatic rings. The zero-order valence-corrected chi connectivity index (χ0v) is 13.9. The lowest BCUT2D eigenvalue weighted by atomic mass is 10.0. The molecule has 1 aliphatic heterocycles. The number of hydrogen-bond acceptors (Lipinski definition) is 2. The summed E-state index contributed by atoms with van der Waals surface area (Å²) in [5.74, 6) is 0.191. The van der Waals surface area contributed by atoms with E-state index < -0.39 is 0 Å². The molecule has 1 fully saturated rings. The van der Waals surface area contributed by atoms with Crippen LogP contribution in [-0.4, -0.2) is 24.9 Å². The van der Waals surface area contributed by atoms with E-state index in [4.69, 9.17) is 0 Å². The Morgan fingerprint density at radius 3 is 2.54 bits per heavy atom. The first-order valence-corrected chi connectivity index (χ1v) is 8.39. The molecule has 1 atom stereocenters. The van der Waals surface area contributed by atoms with Gasteiger partial charge < -0.3 is 10.2 Å². The topological polar surface area (TPSA) is 49.4 Å². The van der Waals surface area contributed by atoms with Gasteiger partial charge in [-0.3, -0.25) is 9.59 Å². The van der Waals surface area contributed by atoms with Crippen molar-refractivity contribution >= 4 is 17.5 Å². The Kier molecular flexibility index (Phi) is 4.94. The highest BCUT2D eigenvalue weighted by molar-refractivity contribution is 6.05. The van der Waals surface area contributed by atoms with Crippen molar-refractivity contribution < 1.29 is 9.59 Å². The monoisotopic (exact) mass is 322 g/mol. The molecule has 0 spiro atoms. The molecule has 24 heavy (non-hydrogen) atoms. The molecule has 0 bridgehead atoms. The molecule has 124 valence electrons. The zero-order chi connectivity index (χ0) is 16.9. The molecule has 3 rings (SSSR count). The van der Waals surface area contributed by atoms with Crippen LogP contribution in [0, 0.1) is 0 Å². The second kappa shape index (κ2) is 7.30. The highest BCUT2D eigenvalue weighted by Gasteiger charge is 2.25. The van der Waals surface area contributed by atoms with Gasteiger partial charge in [-0.25, -0.2) is 0 Å². The fourth-order valence-electron chi connectivity index (χ4n) is 3.04. The maximum Gasteiger partial charge on any atom is 0.253 e. The van der Waals surface area contributed by atoms with E-state index in [1.54, 1.807) is 11.0 Å². The summed E-state index contributed by atoms with van der Waals surface area (Å²) in [6.07, 6.45) is 1.40. The van der Waals surface area contributed by atoms with Crippen molar-refractivity contribution in [3.63, 3.8) is 0 Å². The van der Waals surface area contributed by atoms with Crippen molar-refractivity contribution in [1.82, 2.24) is 5.32 Å². The molecule has 0 aliphatic carbocycles. The molecular weight excluding hydrogens is 300 g/mol. The number of nitrogens with zero attached hydrogens (tertiary/aromatic N) is 1. The van der Waals surface area contributed by atoms with Gasteiger partial charge in [0, 0.05) is 19.5 Å². The molecule has 0 aromatic heterocycles. The van der Waals surface area contributed by atoms with Gasteiger partial charge in [0.2, 0.25) is 5.91 Å². The Morgan fingerprint density at radius 2 is 1.83 bits per heavy atom.